The van der Waals surface area contributed by atoms with Gasteiger partial charge in [0.15, 0.2) is 0 Å². The fraction of sp³-hybridized carbons (Fsp3) is 0.370. The molecule has 0 bridgehead atoms. The Labute approximate surface area is 201 Å². The molecule has 0 spiro atoms. The number of anilines is 1. The molecule has 1 amide bonds. The second kappa shape index (κ2) is 10.5. The number of aryl methyl sites for hydroxylation is 2. The Hall–Kier alpha value is -3.61. The zero-order chi connectivity index (χ0) is 24.1. The lowest BCUT2D eigenvalue weighted by molar-refractivity contribution is 0.0766. The van der Waals surface area contributed by atoms with Gasteiger partial charge in [-0.3, -0.25) is 4.79 Å². The highest BCUT2D eigenvalue weighted by Gasteiger charge is 2.24. The average Bonchev–Trinajstić information content (AvgIpc) is 3.11. The lowest BCUT2D eigenvalue weighted by Gasteiger charge is -2.26. The van der Waals surface area contributed by atoms with Crippen LogP contribution in [0.4, 0.5) is 5.82 Å². The molecular weight excluding hydrogens is 428 g/mol. The zero-order valence-electron chi connectivity index (χ0n) is 20.4. The molecule has 2 heterocycles. The second-order valence-corrected chi connectivity index (χ2v) is 8.55. The molecule has 1 saturated heterocycles. The summed E-state index contributed by atoms with van der Waals surface area (Å²) in [5.41, 5.74) is 3.96. The fourth-order valence-electron chi connectivity index (χ4n) is 4.43. The van der Waals surface area contributed by atoms with Crippen molar-refractivity contribution in [2.75, 3.05) is 45.3 Å². The normalized spacial score (nSPS) is 14.0. The highest BCUT2D eigenvalue weighted by molar-refractivity contribution is 5.95. The Morgan fingerprint density at radius 2 is 1.62 bits per heavy atom. The van der Waals surface area contributed by atoms with E-state index < -0.39 is 0 Å². The number of rotatable bonds is 6. The van der Waals surface area contributed by atoms with Crippen LogP contribution in [0.1, 0.15) is 39.4 Å². The van der Waals surface area contributed by atoms with E-state index >= 15 is 0 Å². The largest absolute Gasteiger partial charge is 0.497 e. The van der Waals surface area contributed by atoms with Gasteiger partial charge in [-0.05, 0) is 38.0 Å². The maximum atomic E-state index is 13.3. The topological polar surface area (TPSA) is 67.8 Å². The van der Waals surface area contributed by atoms with Gasteiger partial charge in [-0.1, -0.05) is 30.3 Å². The summed E-state index contributed by atoms with van der Waals surface area (Å²) >= 11 is 0. The van der Waals surface area contributed by atoms with Crippen molar-refractivity contribution in [1.29, 1.82) is 0 Å². The van der Waals surface area contributed by atoms with Crippen molar-refractivity contribution in [1.82, 2.24) is 14.9 Å². The second-order valence-electron chi connectivity index (χ2n) is 8.55. The van der Waals surface area contributed by atoms with Crippen molar-refractivity contribution >= 4 is 11.7 Å². The van der Waals surface area contributed by atoms with Crippen molar-refractivity contribution in [3.63, 3.8) is 0 Å². The molecule has 0 unspecified atom stereocenters. The number of carbonyl (C=O) groups excluding carboxylic acids is 1. The minimum Gasteiger partial charge on any atom is -0.497 e. The fourth-order valence-corrected chi connectivity index (χ4v) is 4.43. The highest BCUT2D eigenvalue weighted by atomic mass is 16.5. The van der Waals surface area contributed by atoms with E-state index in [-0.39, 0.29) is 5.91 Å². The van der Waals surface area contributed by atoms with Crippen molar-refractivity contribution in [2.45, 2.75) is 26.7 Å². The van der Waals surface area contributed by atoms with Gasteiger partial charge in [0.25, 0.3) is 5.91 Å². The van der Waals surface area contributed by atoms with E-state index in [1.54, 1.807) is 32.4 Å². The lowest BCUT2D eigenvalue weighted by Crippen LogP contribution is -2.35. The molecule has 0 aliphatic carbocycles. The summed E-state index contributed by atoms with van der Waals surface area (Å²) in [6.07, 6.45) is 1.64. The number of benzene rings is 2. The van der Waals surface area contributed by atoms with E-state index in [4.69, 9.17) is 14.5 Å². The molecule has 3 aromatic rings. The molecule has 178 valence electrons. The van der Waals surface area contributed by atoms with Crippen molar-refractivity contribution in [3.05, 3.63) is 76.7 Å². The van der Waals surface area contributed by atoms with Crippen LogP contribution < -0.4 is 14.4 Å². The molecule has 1 fully saturated rings. The molecule has 0 atom stereocenters. The minimum atomic E-state index is -0.0152. The van der Waals surface area contributed by atoms with E-state index in [9.17, 15) is 4.79 Å². The average molecular weight is 461 g/mol. The molecule has 0 N–H and O–H groups in total. The van der Waals surface area contributed by atoms with Gasteiger partial charge in [0.1, 0.15) is 23.1 Å². The Bertz CT molecular complexity index is 1130. The van der Waals surface area contributed by atoms with Crippen molar-refractivity contribution < 1.29 is 14.3 Å². The van der Waals surface area contributed by atoms with Crippen LogP contribution in [0.2, 0.25) is 0 Å². The van der Waals surface area contributed by atoms with Crippen LogP contribution in [-0.4, -0.2) is 61.2 Å². The predicted octanol–water partition coefficient (Wildman–Crippen LogP) is 4.05. The van der Waals surface area contributed by atoms with Gasteiger partial charge in [0, 0.05) is 55.5 Å². The molecular formula is C27H32N4O3. The minimum absolute atomic E-state index is 0.0152. The molecule has 1 aromatic heterocycles. The number of methoxy groups -OCH3 is 2. The summed E-state index contributed by atoms with van der Waals surface area (Å²) in [6, 6.07) is 15.7. The molecule has 0 radical (unpaired) electrons. The Kier molecular flexibility index (Phi) is 7.30. The van der Waals surface area contributed by atoms with Crippen LogP contribution in [0.15, 0.2) is 48.5 Å². The monoisotopic (exact) mass is 460 g/mol. The first kappa shape index (κ1) is 23.5. The van der Waals surface area contributed by atoms with E-state index in [0.29, 0.717) is 36.7 Å². The lowest BCUT2D eigenvalue weighted by atomic mass is 10.0. The summed E-state index contributed by atoms with van der Waals surface area (Å²) in [5.74, 6) is 2.95. The molecule has 7 nitrogen and oxygen atoms in total. The van der Waals surface area contributed by atoms with E-state index in [1.165, 1.54) is 5.56 Å². The van der Waals surface area contributed by atoms with Crippen LogP contribution in [0, 0.1) is 13.8 Å². The summed E-state index contributed by atoms with van der Waals surface area (Å²) in [7, 11) is 3.18. The molecule has 1 aliphatic rings. The molecule has 7 heteroatoms. The highest BCUT2D eigenvalue weighted by Crippen LogP contribution is 2.27. The van der Waals surface area contributed by atoms with Crippen LogP contribution >= 0.6 is 0 Å². The molecule has 2 aromatic carbocycles. The maximum absolute atomic E-state index is 13.3. The zero-order valence-corrected chi connectivity index (χ0v) is 20.4. The van der Waals surface area contributed by atoms with E-state index in [0.717, 1.165) is 42.3 Å². The predicted molar refractivity (Wildman–Crippen MR) is 133 cm³/mol. The van der Waals surface area contributed by atoms with Crippen molar-refractivity contribution in [2.24, 2.45) is 0 Å². The third-order valence-corrected chi connectivity index (χ3v) is 6.21. The quantitative estimate of drug-likeness (QED) is 0.553. The number of carbonyl (C=O) groups is 1. The van der Waals surface area contributed by atoms with Gasteiger partial charge >= 0.3 is 0 Å². The third kappa shape index (κ3) is 5.30. The van der Waals surface area contributed by atoms with Crippen LogP contribution in [0.5, 0.6) is 11.5 Å². The summed E-state index contributed by atoms with van der Waals surface area (Å²) < 4.78 is 10.7. The number of hydrogen-bond acceptors (Lipinski definition) is 6. The van der Waals surface area contributed by atoms with Gasteiger partial charge in [-0.2, -0.15) is 0 Å². The summed E-state index contributed by atoms with van der Waals surface area (Å²) in [6.45, 7) is 6.84. The van der Waals surface area contributed by atoms with E-state index in [2.05, 4.69) is 41.1 Å². The SMILES string of the molecule is COc1cc(OC)cc(C(=O)N2CCCN(c3nc(C)nc(C)c3Cc3ccccc3)CC2)c1. The van der Waals surface area contributed by atoms with E-state index in [1.807, 2.05) is 17.9 Å². The number of nitrogens with zero attached hydrogens (tertiary/aromatic N) is 4. The van der Waals surface area contributed by atoms with Gasteiger partial charge in [-0.15, -0.1) is 0 Å². The van der Waals surface area contributed by atoms with Crippen LogP contribution in [0.3, 0.4) is 0 Å². The van der Waals surface area contributed by atoms with Gasteiger partial charge < -0.3 is 19.3 Å². The number of aromatic nitrogens is 2. The maximum Gasteiger partial charge on any atom is 0.254 e. The van der Waals surface area contributed by atoms with Gasteiger partial charge in [0.2, 0.25) is 0 Å². The third-order valence-electron chi connectivity index (χ3n) is 6.21. The van der Waals surface area contributed by atoms with Crippen LogP contribution in [0.25, 0.3) is 0 Å². The molecule has 1 aliphatic heterocycles. The van der Waals surface area contributed by atoms with Crippen molar-refractivity contribution in [3.8, 4) is 11.5 Å². The first-order valence-electron chi connectivity index (χ1n) is 11.6. The van der Waals surface area contributed by atoms with Crippen LogP contribution in [-0.2, 0) is 6.42 Å². The Morgan fingerprint density at radius 1 is 0.912 bits per heavy atom. The smallest absolute Gasteiger partial charge is 0.254 e. The van der Waals surface area contributed by atoms with Gasteiger partial charge in [-0.25, -0.2) is 9.97 Å². The number of hydrogen-bond donors (Lipinski definition) is 0. The van der Waals surface area contributed by atoms with Gasteiger partial charge in [0.05, 0.1) is 14.2 Å². The first-order chi connectivity index (χ1) is 16.5. The Morgan fingerprint density at radius 3 is 2.29 bits per heavy atom. The number of amides is 1. The molecule has 4 rings (SSSR count). The molecule has 34 heavy (non-hydrogen) atoms. The number of ether oxygens (including phenoxy) is 2. The standard InChI is InChI=1S/C27H32N4O3/c1-19-25(15-21-9-6-5-7-10-21)26(29-20(2)28-19)30-11-8-12-31(14-13-30)27(32)22-16-23(33-3)18-24(17-22)34-4/h5-7,9-10,16-18H,8,11-15H2,1-4H3. The first-order valence-corrected chi connectivity index (χ1v) is 11.6. The Balaban J connectivity index is 1.55. The molecule has 0 saturated carbocycles. The summed E-state index contributed by atoms with van der Waals surface area (Å²) in [4.78, 5) is 27.0. The summed E-state index contributed by atoms with van der Waals surface area (Å²) in [5, 5.41) is 0.